The molecule has 22 heavy (non-hydrogen) atoms. The van der Waals surface area contributed by atoms with Crippen molar-refractivity contribution < 1.29 is 30.8 Å². The summed E-state index contributed by atoms with van der Waals surface area (Å²) >= 11 is 0. The second-order valence-electron chi connectivity index (χ2n) is 4.94. The van der Waals surface area contributed by atoms with Crippen molar-refractivity contribution in [3.63, 3.8) is 0 Å². The van der Waals surface area contributed by atoms with Crippen LogP contribution in [0.15, 0.2) is 0 Å². The second-order valence-corrected chi connectivity index (χ2v) is 7.64. The van der Waals surface area contributed by atoms with Crippen LogP contribution in [0.4, 0.5) is 17.6 Å². The fraction of sp³-hybridized carbons (Fsp3) is 1.00. The fourth-order valence-electron chi connectivity index (χ4n) is 2.18. The van der Waals surface area contributed by atoms with Crippen LogP contribution in [-0.2, 0) is 13.3 Å². The van der Waals surface area contributed by atoms with Gasteiger partial charge in [0.2, 0.25) is 0 Å². The van der Waals surface area contributed by atoms with Gasteiger partial charge in [-0.3, -0.25) is 0 Å². The van der Waals surface area contributed by atoms with Crippen LogP contribution in [0, 0.1) is 0 Å². The van der Waals surface area contributed by atoms with Crippen molar-refractivity contribution >= 4 is 8.80 Å². The summed E-state index contributed by atoms with van der Waals surface area (Å²) in [5.74, 6) is -1.34. The molecule has 0 N–H and O–H groups in total. The summed E-state index contributed by atoms with van der Waals surface area (Å²) in [6, 6.07) is 0. The first-order valence-corrected chi connectivity index (χ1v) is 9.74. The molecule has 0 aromatic heterocycles. The molecule has 1 unspecified atom stereocenters. The number of alkyl halides is 4. The maximum atomic E-state index is 14.5. The number of halogens is 4. The van der Waals surface area contributed by atoms with Gasteiger partial charge in [-0.15, -0.1) is 0 Å². The van der Waals surface area contributed by atoms with Crippen LogP contribution in [0.3, 0.4) is 0 Å². The molecule has 0 aromatic carbocycles. The van der Waals surface area contributed by atoms with Crippen LogP contribution in [0.1, 0.15) is 59.3 Å². The minimum Gasteiger partial charge on any atom is -0.372 e. The maximum Gasteiger partial charge on any atom is 0.537 e. The van der Waals surface area contributed by atoms with Gasteiger partial charge in [-0.25, -0.2) is 4.39 Å². The highest BCUT2D eigenvalue weighted by Gasteiger charge is 2.49. The summed E-state index contributed by atoms with van der Waals surface area (Å²) in [6.07, 6.45) is -3.10. The van der Waals surface area contributed by atoms with E-state index >= 15 is 0 Å². The summed E-state index contributed by atoms with van der Waals surface area (Å²) in [7, 11) is -3.34. The molecule has 0 aromatic rings. The zero-order valence-electron chi connectivity index (χ0n) is 13.7. The van der Waals surface area contributed by atoms with Gasteiger partial charge in [0.05, 0.1) is 0 Å². The van der Waals surface area contributed by atoms with Crippen LogP contribution in [0.25, 0.3) is 0 Å². The molecule has 3 nitrogen and oxygen atoms in total. The number of hydrogen-bond acceptors (Lipinski definition) is 3. The Hall–Kier alpha value is -0.183. The Balaban J connectivity index is 4.19. The molecule has 0 bridgehead atoms. The molecule has 0 heterocycles. The molecule has 0 fully saturated rings. The summed E-state index contributed by atoms with van der Waals surface area (Å²) in [5.41, 5.74) is 0. The molecule has 0 aliphatic rings. The van der Waals surface area contributed by atoms with E-state index in [9.17, 15) is 17.6 Å². The molecule has 134 valence electrons. The molecule has 0 radical (unpaired) electrons. The molecule has 0 spiro atoms. The second kappa shape index (κ2) is 11.4. The average molecular weight is 348 g/mol. The first-order valence-electron chi connectivity index (χ1n) is 7.94. The number of hydrogen-bond donors (Lipinski definition) is 0. The highest BCUT2D eigenvalue weighted by Crippen LogP contribution is 2.25. The Morgan fingerprint density at radius 3 is 1.68 bits per heavy atom. The lowest BCUT2D eigenvalue weighted by atomic mass is 10.1. The zero-order chi connectivity index (χ0) is 17.1. The molecular formula is C14H28F4O3Si. The minimum absolute atomic E-state index is 0.0887. The van der Waals surface area contributed by atoms with Gasteiger partial charge in [0.1, 0.15) is 0 Å². The van der Waals surface area contributed by atoms with Crippen LogP contribution >= 0.6 is 0 Å². The molecule has 0 aliphatic carbocycles. The van der Waals surface area contributed by atoms with E-state index in [0.29, 0.717) is 39.1 Å². The van der Waals surface area contributed by atoms with Crippen molar-refractivity contribution in [2.24, 2.45) is 0 Å². The smallest absolute Gasteiger partial charge is 0.372 e. The van der Waals surface area contributed by atoms with Crippen molar-refractivity contribution in [1.29, 1.82) is 0 Å². The van der Waals surface area contributed by atoms with Gasteiger partial charge >= 0.3 is 15.0 Å². The Bertz CT molecular complexity index is 260. The SMILES string of the molecule is CCO[Si](OCC)(OCC)C(F)CCCCCCC(F)(F)F. The number of rotatable bonds is 13. The summed E-state index contributed by atoms with van der Waals surface area (Å²) in [6.45, 7) is 6.17. The lowest BCUT2D eigenvalue weighted by Gasteiger charge is -2.31. The first kappa shape index (κ1) is 21.8. The molecule has 0 aliphatic heterocycles. The van der Waals surface area contributed by atoms with Crippen molar-refractivity contribution in [2.45, 2.75) is 71.3 Å². The van der Waals surface area contributed by atoms with Crippen molar-refractivity contribution in [3.8, 4) is 0 Å². The van der Waals surface area contributed by atoms with E-state index in [1.165, 1.54) is 0 Å². The normalized spacial score (nSPS) is 14.3. The molecule has 0 amide bonds. The maximum absolute atomic E-state index is 14.5. The molecule has 1 atom stereocenters. The molecule has 8 heteroatoms. The predicted molar refractivity (Wildman–Crippen MR) is 79.3 cm³/mol. The molecular weight excluding hydrogens is 320 g/mol. The third-order valence-corrected chi connectivity index (χ3v) is 6.22. The molecule has 0 rings (SSSR count). The average Bonchev–Trinajstić information content (AvgIpc) is 2.42. The van der Waals surface area contributed by atoms with E-state index < -0.39 is 27.2 Å². The van der Waals surface area contributed by atoms with Gasteiger partial charge in [-0.1, -0.05) is 19.3 Å². The highest BCUT2D eigenvalue weighted by molar-refractivity contribution is 6.62. The minimum atomic E-state index is -4.11. The Labute approximate surface area is 131 Å². The molecule has 0 saturated carbocycles. The lowest BCUT2D eigenvalue weighted by molar-refractivity contribution is -0.135. The third kappa shape index (κ3) is 9.07. The van der Waals surface area contributed by atoms with E-state index in [0.717, 1.165) is 0 Å². The number of unbranched alkanes of at least 4 members (excludes halogenated alkanes) is 3. The van der Waals surface area contributed by atoms with Gasteiger partial charge in [-0.05, 0) is 33.6 Å². The van der Waals surface area contributed by atoms with Gasteiger partial charge in [0.15, 0.2) is 5.79 Å². The van der Waals surface area contributed by atoms with Gasteiger partial charge in [-0.2, -0.15) is 13.2 Å². The van der Waals surface area contributed by atoms with Crippen molar-refractivity contribution in [2.75, 3.05) is 19.8 Å². The fourth-order valence-corrected chi connectivity index (χ4v) is 4.74. The molecule has 0 saturated heterocycles. The van der Waals surface area contributed by atoms with E-state index in [1.54, 1.807) is 20.8 Å². The Kier molecular flexibility index (Phi) is 11.3. The quantitative estimate of drug-likeness (QED) is 0.271. The van der Waals surface area contributed by atoms with Gasteiger partial charge < -0.3 is 13.3 Å². The lowest BCUT2D eigenvalue weighted by Crippen LogP contribution is -2.54. The van der Waals surface area contributed by atoms with Crippen LogP contribution in [0.2, 0.25) is 0 Å². The van der Waals surface area contributed by atoms with E-state index in [2.05, 4.69) is 0 Å². The van der Waals surface area contributed by atoms with Crippen LogP contribution < -0.4 is 0 Å². The van der Waals surface area contributed by atoms with Crippen molar-refractivity contribution in [3.05, 3.63) is 0 Å². The standard InChI is InChI=1S/C14H28F4O3Si/c1-4-19-22(20-5-2,21-6-3)13(15)11-9-7-8-10-12-14(16,17)18/h13H,4-12H2,1-3H3. The Morgan fingerprint density at radius 1 is 0.818 bits per heavy atom. The highest BCUT2D eigenvalue weighted by atomic mass is 28.4. The van der Waals surface area contributed by atoms with Crippen molar-refractivity contribution in [1.82, 2.24) is 0 Å². The summed E-state index contributed by atoms with van der Waals surface area (Å²) in [4.78, 5) is 0. The van der Waals surface area contributed by atoms with Crippen LogP contribution in [-0.4, -0.2) is 40.6 Å². The van der Waals surface area contributed by atoms with E-state index in [-0.39, 0.29) is 12.8 Å². The Morgan fingerprint density at radius 2 is 1.27 bits per heavy atom. The van der Waals surface area contributed by atoms with Crippen LogP contribution in [0.5, 0.6) is 0 Å². The van der Waals surface area contributed by atoms with Gasteiger partial charge in [0.25, 0.3) is 0 Å². The topological polar surface area (TPSA) is 27.7 Å². The largest absolute Gasteiger partial charge is 0.537 e. The van der Waals surface area contributed by atoms with Gasteiger partial charge in [0, 0.05) is 26.2 Å². The monoisotopic (exact) mass is 348 g/mol. The predicted octanol–water partition coefficient (Wildman–Crippen LogP) is 4.82. The third-order valence-electron chi connectivity index (χ3n) is 3.09. The zero-order valence-corrected chi connectivity index (χ0v) is 14.7. The van der Waals surface area contributed by atoms with E-state index in [1.807, 2.05) is 0 Å². The summed E-state index contributed by atoms with van der Waals surface area (Å²) < 4.78 is 66.9. The van der Waals surface area contributed by atoms with E-state index in [4.69, 9.17) is 13.3 Å². The first-order chi connectivity index (χ1) is 10.3. The summed E-state index contributed by atoms with van der Waals surface area (Å²) in [5, 5.41) is 0.